The summed E-state index contributed by atoms with van der Waals surface area (Å²) in [4.78, 5) is 12.3. The standard InChI is InChI=1S/C18H20O5/c1-21-16-10-13(11-17(22-2)18(16)23-3)9-15(20)8-12-5-4-6-14(19)7-12/h4-7,10-11,19H,8-9H2,1-3H3. The van der Waals surface area contributed by atoms with E-state index in [9.17, 15) is 9.90 Å². The van der Waals surface area contributed by atoms with Gasteiger partial charge in [-0.05, 0) is 35.4 Å². The molecule has 0 bridgehead atoms. The van der Waals surface area contributed by atoms with E-state index in [-0.39, 0.29) is 24.4 Å². The van der Waals surface area contributed by atoms with Gasteiger partial charge in [0.05, 0.1) is 21.3 Å². The second kappa shape index (κ2) is 7.54. The molecule has 2 rings (SSSR count). The average molecular weight is 316 g/mol. The number of carbonyl (C=O) groups excluding carboxylic acids is 1. The fourth-order valence-electron chi connectivity index (χ4n) is 2.42. The predicted octanol–water partition coefficient (Wildman–Crippen LogP) is 2.77. The van der Waals surface area contributed by atoms with Crippen LogP contribution in [0, 0.1) is 0 Å². The maximum Gasteiger partial charge on any atom is 0.203 e. The van der Waals surface area contributed by atoms with Gasteiger partial charge in [0.1, 0.15) is 11.5 Å². The van der Waals surface area contributed by atoms with Crippen molar-refractivity contribution in [3.8, 4) is 23.0 Å². The number of Topliss-reactive ketones (excluding diaryl/α,β-unsaturated/α-hetero) is 1. The third-order valence-electron chi connectivity index (χ3n) is 3.44. The summed E-state index contributed by atoms with van der Waals surface area (Å²) in [5.41, 5.74) is 1.56. The van der Waals surface area contributed by atoms with Gasteiger partial charge in [-0.15, -0.1) is 0 Å². The summed E-state index contributed by atoms with van der Waals surface area (Å²) in [6.07, 6.45) is 0.497. The number of carbonyl (C=O) groups is 1. The molecule has 122 valence electrons. The molecule has 2 aromatic carbocycles. The van der Waals surface area contributed by atoms with Crippen LogP contribution in [-0.2, 0) is 17.6 Å². The molecule has 0 saturated carbocycles. The number of hydrogen-bond acceptors (Lipinski definition) is 5. The van der Waals surface area contributed by atoms with E-state index in [2.05, 4.69) is 0 Å². The van der Waals surface area contributed by atoms with Gasteiger partial charge in [-0.3, -0.25) is 4.79 Å². The minimum absolute atomic E-state index is 0.0323. The monoisotopic (exact) mass is 316 g/mol. The number of methoxy groups -OCH3 is 3. The number of hydrogen-bond donors (Lipinski definition) is 1. The van der Waals surface area contributed by atoms with Gasteiger partial charge in [0, 0.05) is 12.8 Å². The quantitative estimate of drug-likeness (QED) is 0.851. The van der Waals surface area contributed by atoms with E-state index in [1.165, 1.54) is 21.3 Å². The zero-order valence-corrected chi connectivity index (χ0v) is 13.5. The lowest BCUT2D eigenvalue weighted by molar-refractivity contribution is -0.117. The third-order valence-corrected chi connectivity index (χ3v) is 3.44. The molecule has 0 heterocycles. The maximum atomic E-state index is 12.3. The van der Waals surface area contributed by atoms with Crippen molar-refractivity contribution in [3.63, 3.8) is 0 Å². The molecule has 5 heteroatoms. The Morgan fingerprint density at radius 3 is 2.04 bits per heavy atom. The number of aromatic hydroxyl groups is 1. The van der Waals surface area contributed by atoms with Crippen LogP contribution in [0.3, 0.4) is 0 Å². The summed E-state index contributed by atoms with van der Waals surface area (Å²) in [5, 5.41) is 9.45. The Morgan fingerprint density at radius 2 is 1.52 bits per heavy atom. The zero-order valence-electron chi connectivity index (χ0n) is 13.5. The van der Waals surface area contributed by atoms with E-state index in [0.717, 1.165) is 11.1 Å². The van der Waals surface area contributed by atoms with Crippen molar-refractivity contribution in [2.45, 2.75) is 12.8 Å². The second-order valence-corrected chi connectivity index (χ2v) is 5.10. The van der Waals surface area contributed by atoms with Crippen molar-refractivity contribution in [3.05, 3.63) is 47.5 Å². The Hall–Kier alpha value is -2.69. The lowest BCUT2D eigenvalue weighted by atomic mass is 10.0. The van der Waals surface area contributed by atoms with Crippen molar-refractivity contribution in [1.82, 2.24) is 0 Å². The lowest BCUT2D eigenvalue weighted by Gasteiger charge is -2.14. The minimum atomic E-state index is 0.0323. The molecule has 2 aromatic rings. The van der Waals surface area contributed by atoms with Gasteiger partial charge in [-0.25, -0.2) is 0 Å². The van der Waals surface area contributed by atoms with Gasteiger partial charge in [-0.2, -0.15) is 0 Å². The first kappa shape index (κ1) is 16.7. The number of rotatable bonds is 7. The fourth-order valence-corrected chi connectivity index (χ4v) is 2.42. The fraction of sp³-hybridized carbons (Fsp3) is 0.278. The van der Waals surface area contributed by atoms with Gasteiger partial charge in [0.2, 0.25) is 5.75 Å². The van der Waals surface area contributed by atoms with Gasteiger partial charge < -0.3 is 19.3 Å². The van der Waals surface area contributed by atoms with Crippen molar-refractivity contribution >= 4 is 5.78 Å². The Bertz CT molecular complexity index is 669. The van der Waals surface area contributed by atoms with Crippen molar-refractivity contribution in [2.24, 2.45) is 0 Å². The van der Waals surface area contributed by atoms with Gasteiger partial charge in [-0.1, -0.05) is 12.1 Å². The number of phenols is 1. The maximum absolute atomic E-state index is 12.3. The van der Waals surface area contributed by atoms with Gasteiger partial charge in [0.15, 0.2) is 11.5 Å². The molecule has 0 saturated heterocycles. The SMILES string of the molecule is COc1cc(CC(=O)Cc2cccc(O)c2)cc(OC)c1OC. The van der Waals surface area contributed by atoms with Crippen molar-refractivity contribution in [2.75, 3.05) is 21.3 Å². The van der Waals surface area contributed by atoms with Crippen LogP contribution in [0.4, 0.5) is 0 Å². The van der Waals surface area contributed by atoms with Crippen LogP contribution in [0.2, 0.25) is 0 Å². The molecule has 0 amide bonds. The lowest BCUT2D eigenvalue weighted by Crippen LogP contribution is -2.07. The molecule has 0 spiro atoms. The molecular weight excluding hydrogens is 296 g/mol. The number of benzene rings is 2. The van der Waals surface area contributed by atoms with Crippen LogP contribution in [0.15, 0.2) is 36.4 Å². The molecule has 0 aromatic heterocycles. The smallest absolute Gasteiger partial charge is 0.203 e. The molecule has 0 aliphatic carbocycles. The summed E-state index contributed by atoms with van der Waals surface area (Å²) in [5.74, 6) is 1.73. The number of phenolic OH excluding ortho intramolecular Hbond substituents is 1. The molecule has 0 atom stereocenters. The molecule has 5 nitrogen and oxygen atoms in total. The number of ether oxygens (including phenoxy) is 3. The summed E-state index contributed by atoms with van der Waals surface area (Å²) in [6, 6.07) is 10.2. The zero-order chi connectivity index (χ0) is 16.8. The summed E-state index contributed by atoms with van der Waals surface area (Å²) in [6.45, 7) is 0. The minimum Gasteiger partial charge on any atom is -0.508 e. The van der Waals surface area contributed by atoms with Crippen molar-refractivity contribution in [1.29, 1.82) is 0 Å². The largest absolute Gasteiger partial charge is 0.508 e. The Labute approximate surface area is 135 Å². The second-order valence-electron chi connectivity index (χ2n) is 5.10. The molecule has 0 fully saturated rings. The topological polar surface area (TPSA) is 65.0 Å². The molecule has 23 heavy (non-hydrogen) atoms. The van der Waals surface area contributed by atoms with Crippen LogP contribution in [0.1, 0.15) is 11.1 Å². The van der Waals surface area contributed by atoms with Crippen molar-refractivity contribution < 1.29 is 24.1 Å². The van der Waals surface area contributed by atoms with Crippen LogP contribution in [0.25, 0.3) is 0 Å². The van der Waals surface area contributed by atoms with Crippen LogP contribution in [0.5, 0.6) is 23.0 Å². The van der Waals surface area contributed by atoms with Crippen LogP contribution < -0.4 is 14.2 Å². The Morgan fingerprint density at radius 1 is 0.913 bits per heavy atom. The predicted molar refractivity (Wildman–Crippen MR) is 86.6 cm³/mol. The molecule has 0 unspecified atom stereocenters. The van der Waals surface area contributed by atoms with E-state index in [1.54, 1.807) is 30.3 Å². The van der Waals surface area contributed by atoms with Crippen LogP contribution in [-0.4, -0.2) is 32.2 Å². The molecule has 0 aliphatic heterocycles. The van der Waals surface area contributed by atoms with E-state index < -0.39 is 0 Å². The molecule has 0 aliphatic rings. The van der Waals surface area contributed by atoms with E-state index in [4.69, 9.17) is 14.2 Å². The number of ketones is 1. The first-order valence-electron chi connectivity index (χ1n) is 7.16. The highest BCUT2D eigenvalue weighted by molar-refractivity contribution is 5.83. The molecule has 0 radical (unpaired) electrons. The highest BCUT2D eigenvalue weighted by Gasteiger charge is 2.15. The average Bonchev–Trinajstić information content (AvgIpc) is 2.53. The summed E-state index contributed by atoms with van der Waals surface area (Å²) in [7, 11) is 4.61. The summed E-state index contributed by atoms with van der Waals surface area (Å²) < 4.78 is 15.8. The van der Waals surface area contributed by atoms with E-state index >= 15 is 0 Å². The molecule has 1 N–H and O–H groups in total. The van der Waals surface area contributed by atoms with Gasteiger partial charge >= 0.3 is 0 Å². The highest BCUT2D eigenvalue weighted by atomic mass is 16.5. The first-order valence-corrected chi connectivity index (χ1v) is 7.16. The van der Waals surface area contributed by atoms with E-state index in [0.29, 0.717) is 17.2 Å². The third kappa shape index (κ3) is 4.16. The first-order chi connectivity index (χ1) is 11.1. The Kier molecular flexibility index (Phi) is 5.46. The molecular formula is C18H20O5. The Balaban J connectivity index is 2.17. The van der Waals surface area contributed by atoms with Gasteiger partial charge in [0.25, 0.3) is 0 Å². The van der Waals surface area contributed by atoms with E-state index in [1.807, 2.05) is 6.07 Å². The van der Waals surface area contributed by atoms with Crippen LogP contribution >= 0.6 is 0 Å². The summed E-state index contributed by atoms with van der Waals surface area (Å²) >= 11 is 0. The highest BCUT2D eigenvalue weighted by Crippen LogP contribution is 2.38. The normalized spacial score (nSPS) is 10.2.